The van der Waals surface area contributed by atoms with Crippen LogP contribution >= 0.6 is 0 Å². The van der Waals surface area contributed by atoms with Crippen molar-refractivity contribution in [1.82, 2.24) is 0 Å². The van der Waals surface area contributed by atoms with E-state index in [-0.39, 0.29) is 0 Å². The summed E-state index contributed by atoms with van der Waals surface area (Å²) in [6, 6.07) is 0. The molecule has 1 rings (SSSR count). The topological polar surface area (TPSA) is 82.1 Å². The van der Waals surface area contributed by atoms with E-state index in [1.165, 1.54) is 13.8 Å². The van der Waals surface area contributed by atoms with Crippen LogP contribution in [0.2, 0.25) is 0 Å². The van der Waals surface area contributed by atoms with Gasteiger partial charge in [-0.15, -0.1) is 0 Å². The molecule has 1 heterocycles. The zero-order valence-corrected chi connectivity index (χ0v) is 8.80. The third-order valence-corrected chi connectivity index (χ3v) is 2.03. The molecule has 1 aliphatic rings. The Labute approximate surface area is 87.1 Å². The van der Waals surface area contributed by atoms with Gasteiger partial charge >= 0.3 is 11.9 Å². The summed E-state index contributed by atoms with van der Waals surface area (Å²) in [6.45, 7) is 4.07. The fourth-order valence-electron chi connectivity index (χ4n) is 1.48. The molecule has 1 fully saturated rings. The van der Waals surface area contributed by atoms with E-state index in [9.17, 15) is 14.7 Å². The lowest BCUT2D eigenvalue weighted by Gasteiger charge is -2.20. The van der Waals surface area contributed by atoms with Crippen molar-refractivity contribution < 1.29 is 28.9 Å². The first-order valence-corrected chi connectivity index (χ1v) is 4.59. The number of hydrogen-bond acceptors (Lipinski definition) is 6. The van der Waals surface area contributed by atoms with Gasteiger partial charge in [-0.2, -0.15) is 0 Å². The molecule has 15 heavy (non-hydrogen) atoms. The van der Waals surface area contributed by atoms with Gasteiger partial charge in [-0.25, -0.2) is 0 Å². The number of rotatable bonds is 2. The maximum atomic E-state index is 10.8. The summed E-state index contributed by atoms with van der Waals surface area (Å²) in [7, 11) is 0. The van der Waals surface area contributed by atoms with E-state index in [1.54, 1.807) is 6.92 Å². The fraction of sp³-hybridized carbons (Fsp3) is 0.778. The quantitative estimate of drug-likeness (QED) is 0.634. The predicted octanol–water partition coefficient (Wildman–Crippen LogP) is -0.413. The predicted molar refractivity (Wildman–Crippen MR) is 47.7 cm³/mol. The van der Waals surface area contributed by atoms with Gasteiger partial charge in [0.1, 0.15) is 0 Å². The molecule has 0 aromatic carbocycles. The molecular formula is C9H14O6. The van der Waals surface area contributed by atoms with Crippen LogP contribution in [0.5, 0.6) is 0 Å². The maximum Gasteiger partial charge on any atom is 0.303 e. The molecule has 6 heteroatoms. The van der Waals surface area contributed by atoms with Crippen molar-refractivity contribution in [2.75, 3.05) is 0 Å². The molecule has 0 radical (unpaired) electrons. The van der Waals surface area contributed by atoms with Gasteiger partial charge in [0.2, 0.25) is 0 Å². The van der Waals surface area contributed by atoms with Gasteiger partial charge in [0.25, 0.3) is 0 Å². The number of aliphatic hydroxyl groups excluding tert-OH is 1. The summed E-state index contributed by atoms with van der Waals surface area (Å²) in [4.78, 5) is 21.5. The standard InChI is InChI=1S/C9H14O6/c1-4-7(14-5(2)10)8(9(12)13-4)15-6(3)11/h4,7-9,12H,1-3H3/t4-,7+,8+,9?/m0/s1. The number of hydrogen-bond donors (Lipinski definition) is 1. The second-order valence-corrected chi connectivity index (χ2v) is 3.38. The average Bonchev–Trinajstić information content (AvgIpc) is 2.30. The molecule has 4 atom stereocenters. The lowest BCUT2D eigenvalue weighted by Crippen LogP contribution is -2.39. The Morgan fingerprint density at radius 3 is 2.07 bits per heavy atom. The molecule has 0 amide bonds. The van der Waals surface area contributed by atoms with Crippen molar-refractivity contribution in [3.63, 3.8) is 0 Å². The number of ether oxygens (including phenoxy) is 3. The lowest BCUT2D eigenvalue weighted by molar-refractivity contribution is -0.174. The van der Waals surface area contributed by atoms with E-state index >= 15 is 0 Å². The van der Waals surface area contributed by atoms with Crippen molar-refractivity contribution in [3.8, 4) is 0 Å². The average molecular weight is 218 g/mol. The fourth-order valence-corrected chi connectivity index (χ4v) is 1.48. The highest BCUT2D eigenvalue weighted by atomic mass is 16.7. The highest BCUT2D eigenvalue weighted by Gasteiger charge is 2.46. The maximum absolute atomic E-state index is 10.8. The molecule has 1 N–H and O–H groups in total. The van der Waals surface area contributed by atoms with E-state index in [0.29, 0.717) is 0 Å². The molecule has 1 unspecified atom stereocenters. The molecule has 86 valence electrons. The van der Waals surface area contributed by atoms with Gasteiger partial charge in [-0.3, -0.25) is 9.59 Å². The van der Waals surface area contributed by atoms with Crippen LogP contribution in [-0.2, 0) is 23.8 Å². The molecule has 0 aromatic heterocycles. The van der Waals surface area contributed by atoms with E-state index in [1.807, 2.05) is 0 Å². The van der Waals surface area contributed by atoms with Crippen molar-refractivity contribution in [3.05, 3.63) is 0 Å². The number of carbonyl (C=O) groups excluding carboxylic acids is 2. The summed E-state index contributed by atoms with van der Waals surface area (Å²) < 4.78 is 14.7. The van der Waals surface area contributed by atoms with Crippen LogP contribution in [0.15, 0.2) is 0 Å². The van der Waals surface area contributed by atoms with Gasteiger partial charge in [0.15, 0.2) is 18.5 Å². The number of aliphatic hydroxyl groups is 1. The Kier molecular flexibility index (Phi) is 3.65. The van der Waals surface area contributed by atoms with Crippen molar-refractivity contribution in [2.24, 2.45) is 0 Å². The monoisotopic (exact) mass is 218 g/mol. The Morgan fingerprint density at radius 2 is 1.60 bits per heavy atom. The summed E-state index contributed by atoms with van der Waals surface area (Å²) in [5.74, 6) is -1.07. The third-order valence-electron chi connectivity index (χ3n) is 2.03. The van der Waals surface area contributed by atoms with Crippen LogP contribution in [-0.4, -0.2) is 41.6 Å². The van der Waals surface area contributed by atoms with Crippen molar-refractivity contribution in [1.29, 1.82) is 0 Å². The molecule has 0 saturated carbocycles. The molecular weight excluding hydrogens is 204 g/mol. The van der Waals surface area contributed by atoms with E-state index < -0.39 is 36.5 Å². The zero-order chi connectivity index (χ0) is 11.6. The molecule has 0 aliphatic carbocycles. The van der Waals surface area contributed by atoms with Gasteiger partial charge in [-0.05, 0) is 6.92 Å². The Hall–Kier alpha value is -1.14. The highest BCUT2D eigenvalue weighted by molar-refractivity contribution is 5.67. The van der Waals surface area contributed by atoms with E-state index in [4.69, 9.17) is 14.2 Å². The largest absolute Gasteiger partial charge is 0.456 e. The first-order chi connectivity index (χ1) is 6.91. The first-order valence-electron chi connectivity index (χ1n) is 4.59. The lowest BCUT2D eigenvalue weighted by atomic mass is 10.1. The Morgan fingerprint density at radius 1 is 1.13 bits per heavy atom. The second kappa shape index (κ2) is 4.59. The second-order valence-electron chi connectivity index (χ2n) is 3.38. The summed E-state index contributed by atoms with van der Waals surface area (Å²) in [5.41, 5.74) is 0. The first kappa shape index (κ1) is 11.9. The minimum absolute atomic E-state index is 0.506. The summed E-state index contributed by atoms with van der Waals surface area (Å²) in [6.07, 6.45) is -3.48. The van der Waals surface area contributed by atoms with Crippen molar-refractivity contribution >= 4 is 11.9 Å². The smallest absolute Gasteiger partial charge is 0.303 e. The third kappa shape index (κ3) is 2.90. The minimum atomic E-state index is -1.26. The summed E-state index contributed by atoms with van der Waals surface area (Å²) >= 11 is 0. The Balaban J connectivity index is 2.70. The summed E-state index contributed by atoms with van der Waals surface area (Å²) in [5, 5.41) is 9.40. The van der Waals surface area contributed by atoms with Gasteiger partial charge in [0.05, 0.1) is 6.10 Å². The van der Waals surface area contributed by atoms with Crippen LogP contribution in [0.1, 0.15) is 20.8 Å². The molecule has 0 aromatic rings. The van der Waals surface area contributed by atoms with Gasteiger partial charge < -0.3 is 19.3 Å². The van der Waals surface area contributed by atoms with Crippen LogP contribution in [0.4, 0.5) is 0 Å². The highest BCUT2D eigenvalue weighted by Crippen LogP contribution is 2.25. The molecule has 0 bridgehead atoms. The van der Waals surface area contributed by atoms with Crippen LogP contribution < -0.4 is 0 Å². The Bertz CT molecular complexity index is 237. The molecule has 6 nitrogen and oxygen atoms in total. The minimum Gasteiger partial charge on any atom is -0.456 e. The zero-order valence-electron chi connectivity index (χ0n) is 8.80. The van der Waals surface area contributed by atoms with Crippen LogP contribution in [0, 0.1) is 0 Å². The van der Waals surface area contributed by atoms with Crippen molar-refractivity contribution in [2.45, 2.75) is 45.4 Å². The molecule has 1 aliphatic heterocycles. The number of esters is 2. The van der Waals surface area contributed by atoms with Gasteiger partial charge in [0, 0.05) is 13.8 Å². The number of carbonyl (C=O) groups is 2. The van der Waals surface area contributed by atoms with Crippen LogP contribution in [0.25, 0.3) is 0 Å². The SMILES string of the molecule is CC(=O)O[C@@H]1[C@H](C)OC(O)[C@@H]1OC(C)=O. The van der Waals surface area contributed by atoms with E-state index in [2.05, 4.69) is 0 Å². The molecule has 1 saturated heterocycles. The van der Waals surface area contributed by atoms with Gasteiger partial charge in [-0.1, -0.05) is 0 Å². The normalized spacial score (nSPS) is 34.9. The van der Waals surface area contributed by atoms with Crippen LogP contribution in [0.3, 0.4) is 0 Å². The molecule has 0 spiro atoms. The van der Waals surface area contributed by atoms with E-state index in [0.717, 1.165) is 0 Å².